The number of carboxylic acid groups (broad SMARTS) is 3. The highest BCUT2D eigenvalue weighted by atomic mass is 16.6. The first-order chi connectivity index (χ1) is 23.5. The summed E-state index contributed by atoms with van der Waals surface area (Å²) in [6.45, 7) is 0.0229. The standard InChI is InChI=1S/C34H44N6O9/c35-29(18-26-9-10-27-3-1-2-4-28(27)17-26)34(48)38-49-16-11-24-5-7-25(8-6-24)19-37-30(41)21-39(13-12-36-20-31(42)43)14-15-40(22-32(44)45)23-33(46)47/h1-10,17,29,36H,11-16,18-23,35H2,(H,37,41)(H,38,48)(H,42,43)(H,44,45)(H,46,47)/t29-/m1/s1. The van der Waals surface area contributed by atoms with Crippen LogP contribution in [0.5, 0.6) is 0 Å². The molecular formula is C34H44N6O9. The molecule has 15 heteroatoms. The Balaban J connectivity index is 1.39. The van der Waals surface area contributed by atoms with Crippen LogP contribution in [0.15, 0.2) is 66.7 Å². The number of nitrogens with two attached hydrogens (primary N) is 1. The number of nitrogens with one attached hydrogen (secondary N) is 3. The first-order valence-electron chi connectivity index (χ1n) is 15.8. The Morgan fingerprint density at radius 3 is 2.04 bits per heavy atom. The second-order valence-corrected chi connectivity index (χ2v) is 11.5. The maximum Gasteiger partial charge on any atom is 0.317 e. The van der Waals surface area contributed by atoms with Crippen molar-refractivity contribution in [2.24, 2.45) is 5.73 Å². The zero-order valence-electron chi connectivity index (χ0n) is 27.2. The highest BCUT2D eigenvalue weighted by molar-refractivity contribution is 5.84. The number of benzene rings is 3. The fourth-order valence-electron chi connectivity index (χ4n) is 4.94. The van der Waals surface area contributed by atoms with Gasteiger partial charge in [0, 0.05) is 32.7 Å². The fourth-order valence-corrected chi connectivity index (χ4v) is 4.94. The molecule has 49 heavy (non-hydrogen) atoms. The molecule has 0 unspecified atom stereocenters. The number of carbonyl (C=O) groups excluding carboxylic acids is 2. The van der Waals surface area contributed by atoms with Crippen molar-refractivity contribution < 1.29 is 44.1 Å². The molecule has 0 radical (unpaired) electrons. The largest absolute Gasteiger partial charge is 0.480 e. The van der Waals surface area contributed by atoms with Gasteiger partial charge in [-0.2, -0.15) is 0 Å². The first kappa shape index (κ1) is 38.5. The van der Waals surface area contributed by atoms with E-state index in [-0.39, 0.29) is 58.3 Å². The third-order valence-electron chi connectivity index (χ3n) is 7.48. The SMILES string of the molecule is N[C@H](Cc1ccc2ccccc2c1)C(=O)NOCCc1ccc(CNC(=O)CN(CCNCC(=O)O)CCN(CC(=O)O)CC(=O)O)cc1. The van der Waals surface area contributed by atoms with Crippen molar-refractivity contribution in [3.8, 4) is 0 Å². The molecule has 8 N–H and O–H groups in total. The summed E-state index contributed by atoms with van der Waals surface area (Å²) in [4.78, 5) is 66.5. The first-order valence-corrected chi connectivity index (χ1v) is 15.8. The summed E-state index contributed by atoms with van der Waals surface area (Å²) < 4.78 is 0. The van der Waals surface area contributed by atoms with Crippen LogP contribution in [0.3, 0.4) is 0 Å². The van der Waals surface area contributed by atoms with Crippen LogP contribution in [0.1, 0.15) is 16.7 Å². The van der Waals surface area contributed by atoms with Gasteiger partial charge in [0.05, 0.1) is 38.8 Å². The Hall–Kier alpha value is -4.93. The second-order valence-electron chi connectivity index (χ2n) is 11.5. The van der Waals surface area contributed by atoms with E-state index in [1.54, 1.807) is 4.90 Å². The number of nitrogens with zero attached hydrogens (tertiary/aromatic N) is 2. The van der Waals surface area contributed by atoms with E-state index in [9.17, 15) is 24.0 Å². The number of hydrogen-bond acceptors (Lipinski definition) is 10. The highest BCUT2D eigenvalue weighted by Gasteiger charge is 2.17. The molecule has 0 bridgehead atoms. The van der Waals surface area contributed by atoms with Crippen LogP contribution in [-0.2, 0) is 48.2 Å². The van der Waals surface area contributed by atoms with Crippen LogP contribution < -0.4 is 21.8 Å². The van der Waals surface area contributed by atoms with E-state index in [0.29, 0.717) is 12.8 Å². The molecule has 3 aromatic carbocycles. The molecule has 0 aliphatic heterocycles. The fraction of sp³-hybridized carbons (Fsp3) is 0.382. The number of amides is 2. The zero-order chi connectivity index (χ0) is 35.6. The molecule has 0 aliphatic rings. The molecule has 0 saturated carbocycles. The van der Waals surface area contributed by atoms with Gasteiger partial charge in [-0.05, 0) is 40.3 Å². The van der Waals surface area contributed by atoms with Crippen LogP contribution in [0, 0.1) is 0 Å². The lowest BCUT2D eigenvalue weighted by molar-refractivity contribution is -0.142. The minimum Gasteiger partial charge on any atom is -0.480 e. The van der Waals surface area contributed by atoms with Gasteiger partial charge in [-0.1, -0.05) is 66.7 Å². The Bertz CT molecular complexity index is 1540. The molecule has 264 valence electrons. The molecule has 0 heterocycles. The van der Waals surface area contributed by atoms with E-state index in [4.69, 9.17) is 25.9 Å². The van der Waals surface area contributed by atoms with Crippen molar-refractivity contribution >= 4 is 40.5 Å². The van der Waals surface area contributed by atoms with E-state index in [0.717, 1.165) is 27.5 Å². The van der Waals surface area contributed by atoms with Gasteiger partial charge in [-0.3, -0.25) is 38.6 Å². The number of aliphatic carboxylic acids is 3. The maximum atomic E-state index is 12.7. The molecule has 0 spiro atoms. The lowest BCUT2D eigenvalue weighted by Crippen LogP contribution is -2.45. The third-order valence-corrected chi connectivity index (χ3v) is 7.48. The van der Waals surface area contributed by atoms with E-state index in [1.165, 1.54) is 4.90 Å². The summed E-state index contributed by atoms with van der Waals surface area (Å²) in [5, 5.41) is 34.8. The zero-order valence-corrected chi connectivity index (χ0v) is 27.2. The summed E-state index contributed by atoms with van der Waals surface area (Å²) in [5.41, 5.74) is 11.3. The average Bonchev–Trinajstić information content (AvgIpc) is 3.06. The van der Waals surface area contributed by atoms with E-state index < -0.39 is 42.9 Å². The molecule has 15 nitrogen and oxygen atoms in total. The summed E-state index contributed by atoms with van der Waals surface area (Å²) >= 11 is 0. The molecule has 0 fully saturated rings. The molecule has 3 rings (SSSR count). The minimum atomic E-state index is -1.17. The number of hydrogen-bond donors (Lipinski definition) is 7. The predicted molar refractivity (Wildman–Crippen MR) is 180 cm³/mol. The average molecular weight is 681 g/mol. The van der Waals surface area contributed by atoms with Gasteiger partial charge in [0.15, 0.2) is 0 Å². The topological polar surface area (TPSA) is 224 Å². The van der Waals surface area contributed by atoms with Gasteiger partial charge in [0.25, 0.3) is 5.91 Å². The molecule has 0 aliphatic carbocycles. The number of fused-ring (bicyclic) bond motifs is 1. The number of carbonyl (C=O) groups is 5. The van der Waals surface area contributed by atoms with Crippen molar-refractivity contribution in [3.05, 3.63) is 83.4 Å². The number of rotatable bonds is 23. The van der Waals surface area contributed by atoms with Crippen LogP contribution in [-0.4, -0.2) is 120 Å². The van der Waals surface area contributed by atoms with Crippen LogP contribution >= 0.6 is 0 Å². The van der Waals surface area contributed by atoms with Crippen molar-refractivity contribution in [1.29, 1.82) is 0 Å². The minimum absolute atomic E-state index is 0.0597. The molecular weight excluding hydrogens is 636 g/mol. The summed E-state index contributed by atoms with van der Waals surface area (Å²) in [5.74, 6) is -4.10. The Morgan fingerprint density at radius 1 is 0.735 bits per heavy atom. The Labute approximate surface area is 284 Å². The summed E-state index contributed by atoms with van der Waals surface area (Å²) in [6.07, 6.45) is 0.900. The predicted octanol–water partition coefficient (Wildman–Crippen LogP) is 0.0637. The van der Waals surface area contributed by atoms with Gasteiger partial charge < -0.3 is 31.7 Å². The molecule has 0 aromatic heterocycles. The van der Waals surface area contributed by atoms with Crippen LogP contribution in [0.25, 0.3) is 10.8 Å². The van der Waals surface area contributed by atoms with Crippen LogP contribution in [0.2, 0.25) is 0 Å². The Kier molecular flexibility index (Phi) is 16.1. The quantitative estimate of drug-likeness (QED) is 0.0521. The summed E-state index contributed by atoms with van der Waals surface area (Å²) in [7, 11) is 0. The van der Waals surface area contributed by atoms with Gasteiger partial charge in [0.2, 0.25) is 5.91 Å². The van der Waals surface area contributed by atoms with Crippen LogP contribution in [0.4, 0.5) is 0 Å². The lowest BCUT2D eigenvalue weighted by atomic mass is 10.0. The molecule has 3 aromatic rings. The monoisotopic (exact) mass is 680 g/mol. The van der Waals surface area contributed by atoms with Gasteiger partial charge in [-0.15, -0.1) is 0 Å². The van der Waals surface area contributed by atoms with Crippen molar-refractivity contribution in [2.45, 2.75) is 25.4 Å². The molecule has 1 atom stereocenters. The maximum absolute atomic E-state index is 12.7. The second kappa shape index (κ2) is 20.4. The van der Waals surface area contributed by atoms with E-state index in [2.05, 4.69) is 16.1 Å². The van der Waals surface area contributed by atoms with Crippen molar-refractivity contribution in [1.82, 2.24) is 25.9 Å². The number of hydroxylamine groups is 1. The number of carboxylic acids is 3. The smallest absolute Gasteiger partial charge is 0.317 e. The third kappa shape index (κ3) is 15.2. The lowest BCUT2D eigenvalue weighted by Gasteiger charge is -2.25. The van der Waals surface area contributed by atoms with Crippen molar-refractivity contribution in [3.63, 3.8) is 0 Å². The van der Waals surface area contributed by atoms with E-state index >= 15 is 0 Å². The highest BCUT2D eigenvalue weighted by Crippen LogP contribution is 2.16. The van der Waals surface area contributed by atoms with E-state index in [1.807, 2.05) is 66.7 Å². The van der Waals surface area contributed by atoms with Crippen molar-refractivity contribution in [2.75, 3.05) is 59.0 Å². The normalized spacial score (nSPS) is 11.8. The molecule has 2 amide bonds. The van der Waals surface area contributed by atoms with Gasteiger partial charge in [0.1, 0.15) is 0 Å². The summed E-state index contributed by atoms with van der Waals surface area (Å²) in [6, 6.07) is 20.7. The molecule has 0 saturated heterocycles. The van der Waals surface area contributed by atoms with Gasteiger partial charge >= 0.3 is 17.9 Å². The van der Waals surface area contributed by atoms with Gasteiger partial charge in [-0.25, -0.2) is 5.48 Å². The Morgan fingerprint density at radius 2 is 1.37 bits per heavy atom.